The van der Waals surface area contributed by atoms with Crippen molar-refractivity contribution < 1.29 is 13.3 Å². The van der Waals surface area contributed by atoms with Gasteiger partial charge in [-0.05, 0) is 0 Å². The van der Waals surface area contributed by atoms with Crippen LogP contribution in [0.2, 0.25) is 0 Å². The maximum Gasteiger partial charge on any atom is 0.0832 e. The predicted molar refractivity (Wildman–Crippen MR) is 34.4 cm³/mol. The summed E-state index contributed by atoms with van der Waals surface area (Å²) in [5, 5.41) is 0. The molecule has 5 heteroatoms. The van der Waals surface area contributed by atoms with E-state index in [0.717, 1.165) is 26.4 Å². The van der Waals surface area contributed by atoms with Gasteiger partial charge in [-0.1, -0.05) is 0 Å². The van der Waals surface area contributed by atoms with Crippen LogP contribution >= 0.6 is 23.7 Å². The zero-order valence-corrected chi connectivity index (χ0v) is 6.32. The van der Waals surface area contributed by atoms with Gasteiger partial charge in [0, 0.05) is 0 Å². The lowest BCUT2D eigenvalue weighted by atomic mass is 10.6. The molecule has 0 saturated carbocycles. The minimum Gasteiger partial charge on any atom is -0.377 e. The van der Waals surface area contributed by atoms with Crippen molar-refractivity contribution >= 4 is 23.7 Å². The van der Waals surface area contributed by atoms with Gasteiger partial charge in [0.1, 0.15) is 0 Å². The molecule has 0 bridgehead atoms. The van der Waals surface area contributed by atoms with Gasteiger partial charge in [0.2, 0.25) is 0 Å². The highest BCUT2D eigenvalue weighted by atomic mass is 35.6. The highest BCUT2D eigenvalue weighted by Gasteiger charge is 1.94. The van der Waals surface area contributed by atoms with Crippen LogP contribution < -0.4 is 0 Å². The van der Waals surface area contributed by atoms with Crippen LogP contribution in [0.4, 0.5) is 0 Å². The lowest BCUT2D eigenvalue weighted by Gasteiger charge is -2.09. The molecule has 0 aromatic rings. The second-order valence-corrected chi connectivity index (χ2v) is 1.75. The molecule has 56 valence electrons. The Morgan fingerprint density at radius 2 is 1.11 bits per heavy atom. The zero-order chi connectivity index (χ0) is 6.95. The molecule has 0 amide bonds. The van der Waals surface area contributed by atoms with Crippen LogP contribution in [0.25, 0.3) is 0 Å². The third kappa shape index (κ3) is 8.46. The minimum absolute atomic E-state index is 0.778. The van der Waals surface area contributed by atoms with Gasteiger partial charge in [-0.25, -0.2) is 0 Å². The Morgan fingerprint density at radius 3 is 1.22 bits per heavy atom. The standard InChI is InChI=1S/C4H8O2.Cl2O/c1-2-6-4-3-5-1;1-3-2/h1-4H2;. The molecule has 1 rings (SSSR count). The van der Waals surface area contributed by atoms with E-state index in [1.165, 1.54) is 0 Å². The van der Waals surface area contributed by atoms with Crippen LogP contribution in [-0.4, -0.2) is 26.4 Å². The zero-order valence-electron chi connectivity index (χ0n) is 4.81. The molecule has 1 saturated heterocycles. The molecule has 3 nitrogen and oxygen atoms in total. The largest absolute Gasteiger partial charge is 0.377 e. The topological polar surface area (TPSA) is 27.7 Å². The van der Waals surface area contributed by atoms with E-state index >= 15 is 0 Å². The van der Waals surface area contributed by atoms with Gasteiger partial charge >= 0.3 is 0 Å². The molecule has 1 aliphatic rings. The SMILES string of the molecule is C1COCCO1.ClOCl. The molecule has 1 fully saturated rings. The van der Waals surface area contributed by atoms with Crippen molar-refractivity contribution in [1.82, 2.24) is 0 Å². The van der Waals surface area contributed by atoms with Crippen molar-refractivity contribution in [2.24, 2.45) is 0 Å². The second kappa shape index (κ2) is 8.46. The quantitative estimate of drug-likeness (QED) is 0.556. The molecule has 1 heterocycles. The van der Waals surface area contributed by atoms with Crippen LogP contribution in [0.3, 0.4) is 0 Å². The van der Waals surface area contributed by atoms with Crippen LogP contribution in [0, 0.1) is 0 Å². The van der Waals surface area contributed by atoms with E-state index in [0.29, 0.717) is 0 Å². The van der Waals surface area contributed by atoms with E-state index in [1.54, 1.807) is 0 Å². The van der Waals surface area contributed by atoms with E-state index in [-0.39, 0.29) is 0 Å². The van der Waals surface area contributed by atoms with Gasteiger partial charge in [0.15, 0.2) is 0 Å². The smallest absolute Gasteiger partial charge is 0.0832 e. The molecule has 0 aromatic heterocycles. The Kier molecular flexibility index (Phi) is 8.89. The summed E-state index contributed by atoms with van der Waals surface area (Å²) in [5.74, 6) is 0. The summed E-state index contributed by atoms with van der Waals surface area (Å²) < 4.78 is 13.1. The average Bonchev–Trinajstić information content (AvgIpc) is 1.93. The molecule has 1 aliphatic heterocycles. The summed E-state index contributed by atoms with van der Waals surface area (Å²) in [5.41, 5.74) is 0. The van der Waals surface area contributed by atoms with Gasteiger partial charge in [-0.15, -0.1) is 0 Å². The summed E-state index contributed by atoms with van der Waals surface area (Å²) >= 11 is 8.53. The number of hydrogen-bond acceptors (Lipinski definition) is 3. The van der Waals surface area contributed by atoms with Crippen molar-refractivity contribution in [3.05, 3.63) is 0 Å². The summed E-state index contributed by atoms with van der Waals surface area (Å²) in [6.07, 6.45) is 0. The third-order valence-electron chi connectivity index (χ3n) is 0.744. The Labute approximate surface area is 64.1 Å². The van der Waals surface area contributed by atoms with Gasteiger partial charge < -0.3 is 9.47 Å². The molecular weight excluding hydrogens is 167 g/mol. The Balaban J connectivity index is 0.000000187. The minimum atomic E-state index is 0.778. The van der Waals surface area contributed by atoms with Crippen molar-refractivity contribution in [2.45, 2.75) is 0 Å². The first kappa shape index (κ1) is 9.46. The fourth-order valence-electron chi connectivity index (χ4n) is 0.440. The van der Waals surface area contributed by atoms with Crippen molar-refractivity contribution in [1.29, 1.82) is 0 Å². The first-order valence-electron chi connectivity index (χ1n) is 2.46. The van der Waals surface area contributed by atoms with Gasteiger partial charge in [0.25, 0.3) is 0 Å². The molecule has 0 radical (unpaired) electrons. The fourth-order valence-corrected chi connectivity index (χ4v) is 0.440. The Hall–Kier alpha value is 0.460. The highest BCUT2D eigenvalue weighted by molar-refractivity contribution is 6.24. The number of halogens is 2. The summed E-state index contributed by atoms with van der Waals surface area (Å²) in [6, 6.07) is 0. The average molecular weight is 175 g/mol. The highest BCUT2D eigenvalue weighted by Crippen LogP contribution is 1.85. The molecule has 9 heavy (non-hydrogen) atoms. The molecule has 0 atom stereocenters. The molecule has 0 aromatic carbocycles. The van der Waals surface area contributed by atoms with Crippen molar-refractivity contribution in [3.63, 3.8) is 0 Å². The van der Waals surface area contributed by atoms with Crippen LogP contribution in [0.15, 0.2) is 0 Å². The second-order valence-electron chi connectivity index (χ2n) is 1.28. The Morgan fingerprint density at radius 1 is 0.889 bits per heavy atom. The fraction of sp³-hybridized carbons (Fsp3) is 1.00. The monoisotopic (exact) mass is 174 g/mol. The lowest BCUT2D eigenvalue weighted by molar-refractivity contribution is -0.0334. The maximum atomic E-state index is 4.94. The van der Waals surface area contributed by atoms with Gasteiger partial charge in [-0.3, -0.25) is 0 Å². The van der Waals surface area contributed by atoms with E-state index < -0.39 is 0 Å². The summed E-state index contributed by atoms with van der Waals surface area (Å²) in [4.78, 5) is 0. The first-order valence-corrected chi connectivity index (χ1v) is 3.08. The van der Waals surface area contributed by atoms with Crippen LogP contribution in [0.5, 0.6) is 0 Å². The lowest BCUT2D eigenvalue weighted by Crippen LogP contribution is -2.16. The van der Waals surface area contributed by atoms with E-state index in [2.05, 4.69) is 27.6 Å². The van der Waals surface area contributed by atoms with Crippen LogP contribution in [-0.2, 0) is 13.3 Å². The third-order valence-corrected chi connectivity index (χ3v) is 0.744. The van der Waals surface area contributed by atoms with Gasteiger partial charge in [0.05, 0.1) is 50.2 Å². The maximum absolute atomic E-state index is 4.94. The van der Waals surface area contributed by atoms with Gasteiger partial charge in [-0.2, -0.15) is 3.84 Å². The van der Waals surface area contributed by atoms with E-state index in [9.17, 15) is 0 Å². The number of ether oxygens (including phenoxy) is 2. The summed E-state index contributed by atoms with van der Waals surface area (Å²) in [7, 11) is 0. The summed E-state index contributed by atoms with van der Waals surface area (Å²) in [6.45, 7) is 3.11. The first-order chi connectivity index (χ1) is 4.41. The number of hydrogen-bond donors (Lipinski definition) is 0. The predicted octanol–water partition coefficient (Wildman–Crippen LogP) is 1.34. The number of rotatable bonds is 0. The van der Waals surface area contributed by atoms with Crippen molar-refractivity contribution in [3.8, 4) is 0 Å². The Bertz CT molecular complexity index is 37.6. The molecular formula is C4H8Cl2O3. The molecule has 0 aliphatic carbocycles. The van der Waals surface area contributed by atoms with Crippen molar-refractivity contribution in [2.75, 3.05) is 26.4 Å². The van der Waals surface area contributed by atoms with E-state index in [4.69, 9.17) is 9.47 Å². The molecule has 0 N–H and O–H groups in total. The molecule has 0 spiro atoms. The van der Waals surface area contributed by atoms with E-state index in [1.807, 2.05) is 0 Å². The normalized spacial score (nSPS) is 18.0. The van der Waals surface area contributed by atoms with Crippen LogP contribution in [0.1, 0.15) is 0 Å². The molecule has 0 unspecified atom stereocenters.